The molecule has 0 radical (unpaired) electrons. The summed E-state index contributed by atoms with van der Waals surface area (Å²) in [5, 5.41) is 0. The summed E-state index contributed by atoms with van der Waals surface area (Å²) in [7, 11) is 0. The smallest absolute Gasteiger partial charge is 0.176 e. The van der Waals surface area contributed by atoms with E-state index in [9.17, 15) is 4.79 Å². The first-order valence-electron chi connectivity index (χ1n) is 9.93. The Hall–Kier alpha value is -0.630. The molecule has 0 aromatic heterocycles. The molecule has 1 nitrogen and oxygen atoms in total. The Kier molecular flexibility index (Phi) is 8.52. The zero-order chi connectivity index (χ0) is 17.4. The fraction of sp³-hybridized carbons (Fsp3) is 0.682. The highest BCUT2D eigenvalue weighted by Crippen LogP contribution is 2.37. The molecule has 1 saturated carbocycles. The molecule has 1 aromatic carbocycles. The van der Waals surface area contributed by atoms with Crippen molar-refractivity contribution >= 4 is 21.7 Å². The predicted octanol–water partition coefficient (Wildman–Crippen LogP) is 7.29. The van der Waals surface area contributed by atoms with Gasteiger partial charge in [-0.15, -0.1) is 0 Å². The fourth-order valence-corrected chi connectivity index (χ4v) is 4.59. The zero-order valence-corrected chi connectivity index (χ0v) is 17.0. The van der Waals surface area contributed by atoms with Crippen molar-refractivity contribution in [3.05, 3.63) is 35.4 Å². The Morgan fingerprint density at radius 2 is 1.71 bits per heavy atom. The molecule has 0 unspecified atom stereocenters. The van der Waals surface area contributed by atoms with Crippen LogP contribution in [0.1, 0.15) is 99.9 Å². The number of carbonyl (C=O) groups is 1. The molecule has 0 aliphatic heterocycles. The average Bonchev–Trinajstić information content (AvgIpc) is 2.62. The van der Waals surface area contributed by atoms with Crippen LogP contribution in [0, 0.1) is 5.92 Å². The van der Waals surface area contributed by atoms with Gasteiger partial charge in [0.15, 0.2) is 5.78 Å². The lowest BCUT2D eigenvalue weighted by molar-refractivity contribution is 0.0988. The normalized spacial score (nSPS) is 22.3. The second-order valence-electron chi connectivity index (χ2n) is 7.46. The molecule has 0 N–H and O–H groups in total. The number of Topliss-reactive ketones (excluding diaryl/α,β-unsaturated/α-hetero) is 1. The first-order chi connectivity index (χ1) is 11.7. The van der Waals surface area contributed by atoms with Crippen LogP contribution in [0.5, 0.6) is 0 Å². The third-order valence-electron chi connectivity index (χ3n) is 5.56. The van der Waals surface area contributed by atoms with E-state index in [4.69, 9.17) is 0 Å². The third-order valence-corrected chi connectivity index (χ3v) is 6.43. The minimum atomic E-state index is -0.0283. The largest absolute Gasteiger partial charge is 0.293 e. The van der Waals surface area contributed by atoms with Gasteiger partial charge >= 0.3 is 0 Å². The van der Waals surface area contributed by atoms with Crippen molar-refractivity contribution in [1.82, 2.24) is 0 Å². The summed E-state index contributed by atoms with van der Waals surface area (Å²) in [4.78, 5) is 12.5. The Bertz CT molecular complexity index is 485. The van der Waals surface area contributed by atoms with E-state index >= 15 is 0 Å². The van der Waals surface area contributed by atoms with Crippen LogP contribution in [0.4, 0.5) is 0 Å². The SMILES string of the molecule is CCCCC[C@H](Br)C(=O)c1ccc(C2CCC(CCC)CC2)cc1. The monoisotopic (exact) mass is 392 g/mol. The maximum absolute atomic E-state index is 12.5. The van der Waals surface area contributed by atoms with Crippen molar-refractivity contribution < 1.29 is 4.79 Å². The number of unbranched alkanes of at least 4 members (excludes halogenated alkanes) is 2. The standard InChI is InChI=1S/C22H33BrO/c1-3-5-6-8-21(23)22(24)20-15-13-19(14-16-20)18-11-9-17(7-4-2)10-12-18/h13-18,21H,3-12H2,1-2H3/t17?,18?,21-/m0/s1. The van der Waals surface area contributed by atoms with Gasteiger partial charge in [0.1, 0.15) is 0 Å². The van der Waals surface area contributed by atoms with Crippen LogP contribution in [0.25, 0.3) is 0 Å². The number of hydrogen-bond acceptors (Lipinski definition) is 1. The highest BCUT2D eigenvalue weighted by atomic mass is 79.9. The lowest BCUT2D eigenvalue weighted by atomic mass is 9.77. The van der Waals surface area contributed by atoms with Gasteiger partial charge < -0.3 is 0 Å². The second-order valence-corrected chi connectivity index (χ2v) is 8.56. The molecule has 0 heterocycles. The maximum atomic E-state index is 12.5. The molecular weight excluding hydrogens is 360 g/mol. The van der Waals surface area contributed by atoms with Gasteiger partial charge in [-0.3, -0.25) is 4.79 Å². The minimum absolute atomic E-state index is 0.0283. The Morgan fingerprint density at radius 3 is 2.29 bits per heavy atom. The van der Waals surface area contributed by atoms with E-state index in [1.165, 1.54) is 56.9 Å². The molecule has 1 atom stereocenters. The summed E-state index contributed by atoms with van der Waals surface area (Å²) in [5.74, 6) is 1.89. The van der Waals surface area contributed by atoms with Gasteiger partial charge in [0.2, 0.25) is 0 Å². The van der Waals surface area contributed by atoms with Gasteiger partial charge in [-0.2, -0.15) is 0 Å². The molecule has 1 fully saturated rings. The van der Waals surface area contributed by atoms with E-state index in [-0.39, 0.29) is 10.6 Å². The highest BCUT2D eigenvalue weighted by Gasteiger charge is 2.22. The highest BCUT2D eigenvalue weighted by molar-refractivity contribution is 9.10. The maximum Gasteiger partial charge on any atom is 0.176 e. The molecule has 0 amide bonds. The molecule has 0 spiro atoms. The number of ketones is 1. The van der Waals surface area contributed by atoms with E-state index < -0.39 is 0 Å². The van der Waals surface area contributed by atoms with Crippen LogP contribution in [0.3, 0.4) is 0 Å². The van der Waals surface area contributed by atoms with E-state index in [1.54, 1.807) is 0 Å². The van der Waals surface area contributed by atoms with Crippen molar-refractivity contribution in [2.45, 2.75) is 88.8 Å². The summed E-state index contributed by atoms with van der Waals surface area (Å²) in [6.07, 6.45) is 12.6. The number of alkyl halides is 1. The van der Waals surface area contributed by atoms with Crippen LogP contribution in [-0.4, -0.2) is 10.6 Å². The van der Waals surface area contributed by atoms with Gasteiger partial charge in [0.05, 0.1) is 4.83 Å². The van der Waals surface area contributed by atoms with Gasteiger partial charge in [0.25, 0.3) is 0 Å². The Balaban J connectivity index is 1.87. The molecule has 0 saturated heterocycles. The molecule has 1 aromatic rings. The zero-order valence-electron chi connectivity index (χ0n) is 15.4. The number of rotatable bonds is 9. The molecule has 2 heteroatoms. The van der Waals surface area contributed by atoms with Gasteiger partial charge in [0, 0.05) is 5.56 Å². The van der Waals surface area contributed by atoms with Crippen molar-refractivity contribution in [2.24, 2.45) is 5.92 Å². The van der Waals surface area contributed by atoms with Crippen LogP contribution in [-0.2, 0) is 0 Å². The summed E-state index contributed by atoms with van der Waals surface area (Å²) in [6.45, 7) is 4.49. The van der Waals surface area contributed by atoms with E-state index in [1.807, 2.05) is 12.1 Å². The summed E-state index contributed by atoms with van der Waals surface area (Å²) in [5.41, 5.74) is 2.29. The van der Waals surface area contributed by atoms with E-state index in [0.717, 1.165) is 24.3 Å². The number of benzene rings is 1. The Morgan fingerprint density at radius 1 is 1.04 bits per heavy atom. The molecule has 134 valence electrons. The molecule has 1 aliphatic rings. The quantitative estimate of drug-likeness (QED) is 0.245. The van der Waals surface area contributed by atoms with Gasteiger partial charge in [-0.25, -0.2) is 0 Å². The predicted molar refractivity (Wildman–Crippen MR) is 107 cm³/mol. The molecule has 1 aliphatic carbocycles. The van der Waals surface area contributed by atoms with Crippen molar-refractivity contribution in [1.29, 1.82) is 0 Å². The third kappa shape index (κ3) is 5.72. The first-order valence-corrected chi connectivity index (χ1v) is 10.9. The van der Waals surface area contributed by atoms with Gasteiger partial charge in [-0.05, 0) is 49.5 Å². The average molecular weight is 393 g/mol. The number of halogens is 1. The Labute approximate surface area is 156 Å². The molecule has 0 bridgehead atoms. The van der Waals surface area contributed by atoms with Gasteiger partial charge in [-0.1, -0.05) is 86.1 Å². The molecule has 24 heavy (non-hydrogen) atoms. The lowest BCUT2D eigenvalue weighted by Crippen LogP contribution is -2.15. The molecule has 2 rings (SSSR count). The van der Waals surface area contributed by atoms with Crippen molar-refractivity contribution in [3.63, 3.8) is 0 Å². The summed E-state index contributed by atoms with van der Waals surface area (Å²) >= 11 is 3.58. The van der Waals surface area contributed by atoms with E-state index in [2.05, 4.69) is 41.9 Å². The van der Waals surface area contributed by atoms with Crippen LogP contribution in [0.2, 0.25) is 0 Å². The second kappa shape index (κ2) is 10.4. The van der Waals surface area contributed by atoms with Crippen molar-refractivity contribution in [3.8, 4) is 0 Å². The van der Waals surface area contributed by atoms with Crippen LogP contribution >= 0.6 is 15.9 Å². The van der Waals surface area contributed by atoms with Crippen molar-refractivity contribution in [2.75, 3.05) is 0 Å². The minimum Gasteiger partial charge on any atom is -0.293 e. The van der Waals surface area contributed by atoms with Crippen LogP contribution in [0.15, 0.2) is 24.3 Å². The van der Waals surface area contributed by atoms with E-state index in [0.29, 0.717) is 5.92 Å². The summed E-state index contributed by atoms with van der Waals surface area (Å²) in [6, 6.07) is 8.49. The van der Waals surface area contributed by atoms with Crippen LogP contribution < -0.4 is 0 Å². The molecular formula is C22H33BrO. The topological polar surface area (TPSA) is 17.1 Å². The number of hydrogen-bond donors (Lipinski definition) is 0. The first kappa shape index (κ1) is 19.7. The lowest BCUT2D eigenvalue weighted by Gasteiger charge is -2.28. The fourth-order valence-electron chi connectivity index (χ4n) is 4.00. The summed E-state index contributed by atoms with van der Waals surface area (Å²) < 4.78 is 0. The number of carbonyl (C=O) groups excluding carboxylic acids is 1.